The summed E-state index contributed by atoms with van der Waals surface area (Å²) in [6.07, 6.45) is 1.23. The molecule has 184 valence electrons. The number of carbonyl (C=O) groups is 2. The first-order valence-electron chi connectivity index (χ1n) is 10.7. The third kappa shape index (κ3) is 4.96. The van der Waals surface area contributed by atoms with Crippen molar-refractivity contribution in [2.24, 2.45) is 12.8 Å². The number of allylic oxidation sites excluding steroid dienone is 1. The van der Waals surface area contributed by atoms with Crippen LogP contribution < -0.4 is 16.4 Å². The minimum atomic E-state index is -0.799. The van der Waals surface area contributed by atoms with E-state index in [0.29, 0.717) is 27.2 Å². The van der Waals surface area contributed by atoms with E-state index in [1.165, 1.54) is 29.5 Å². The zero-order valence-electron chi connectivity index (χ0n) is 19.6. The van der Waals surface area contributed by atoms with Gasteiger partial charge in [-0.25, -0.2) is 4.39 Å². The van der Waals surface area contributed by atoms with Gasteiger partial charge in [-0.2, -0.15) is 5.10 Å². The quantitative estimate of drug-likeness (QED) is 0.188. The fourth-order valence-electron chi connectivity index (χ4n) is 3.59. The molecular formula is C25H23FN6O3S. The van der Waals surface area contributed by atoms with Gasteiger partial charge in [0.15, 0.2) is 5.82 Å². The summed E-state index contributed by atoms with van der Waals surface area (Å²) in [4.78, 5) is 25.2. The Hall–Kier alpha value is -4.51. The molecule has 4 rings (SSSR count). The lowest BCUT2D eigenvalue weighted by Crippen LogP contribution is -2.21. The second-order valence-electron chi connectivity index (χ2n) is 8.14. The highest BCUT2D eigenvalue weighted by Crippen LogP contribution is 2.30. The summed E-state index contributed by atoms with van der Waals surface area (Å²) in [6, 6.07) is 10.6. The standard InChI is InChI=1S/C25H23FN6O3S/c1-12-8-22(31-32(12)3)29-19(24(28)34)11-18(27)16-5-6-17(26)23(13(16)2)30-25(35)21-10-14-9-15(33)4-7-20(14)36-21/h4-11,27,33H,1-3H3,(H2,28,34)(H,29,31)(H,30,35)/b19-11+,27-18?. The van der Waals surface area contributed by atoms with Gasteiger partial charge >= 0.3 is 0 Å². The Kier molecular flexibility index (Phi) is 6.58. The second kappa shape index (κ2) is 9.62. The van der Waals surface area contributed by atoms with Crippen molar-refractivity contribution in [2.45, 2.75) is 13.8 Å². The Morgan fingerprint density at radius 3 is 2.58 bits per heavy atom. The Morgan fingerprint density at radius 1 is 1.17 bits per heavy atom. The van der Waals surface area contributed by atoms with E-state index in [1.807, 2.05) is 6.92 Å². The number of primary amides is 1. The van der Waals surface area contributed by atoms with Gasteiger partial charge in [-0.3, -0.25) is 14.3 Å². The number of aryl methyl sites for hydroxylation is 2. The lowest BCUT2D eigenvalue weighted by Gasteiger charge is -2.13. The molecule has 2 heterocycles. The molecule has 0 spiro atoms. The summed E-state index contributed by atoms with van der Waals surface area (Å²) < 4.78 is 17.1. The van der Waals surface area contributed by atoms with Crippen molar-refractivity contribution in [3.8, 4) is 5.75 Å². The number of nitrogens with two attached hydrogens (primary N) is 1. The van der Waals surface area contributed by atoms with Gasteiger partial charge in [-0.1, -0.05) is 0 Å². The first kappa shape index (κ1) is 24.6. The van der Waals surface area contributed by atoms with Crippen LogP contribution in [0.2, 0.25) is 0 Å². The average molecular weight is 507 g/mol. The maximum atomic E-state index is 14.7. The van der Waals surface area contributed by atoms with Crippen molar-refractivity contribution in [1.29, 1.82) is 5.41 Å². The van der Waals surface area contributed by atoms with Gasteiger partial charge in [0.25, 0.3) is 11.8 Å². The maximum absolute atomic E-state index is 14.7. The molecule has 0 unspecified atom stereocenters. The molecule has 0 fully saturated rings. The van der Waals surface area contributed by atoms with E-state index in [9.17, 15) is 19.1 Å². The smallest absolute Gasteiger partial charge is 0.265 e. The Bertz CT molecular complexity index is 1550. The zero-order valence-corrected chi connectivity index (χ0v) is 20.5. The van der Waals surface area contributed by atoms with E-state index in [4.69, 9.17) is 11.1 Å². The van der Waals surface area contributed by atoms with Crippen molar-refractivity contribution >= 4 is 50.5 Å². The number of benzene rings is 2. The molecule has 2 amide bonds. The summed E-state index contributed by atoms with van der Waals surface area (Å²) in [5.41, 5.74) is 6.68. The largest absolute Gasteiger partial charge is 0.508 e. The number of thiophene rings is 1. The minimum Gasteiger partial charge on any atom is -0.508 e. The monoisotopic (exact) mass is 506 g/mol. The molecule has 2 aromatic carbocycles. The zero-order chi connectivity index (χ0) is 26.1. The number of nitrogens with zero attached hydrogens (tertiary/aromatic N) is 2. The summed E-state index contributed by atoms with van der Waals surface area (Å²) in [5, 5.41) is 28.5. The normalized spacial score (nSPS) is 11.5. The van der Waals surface area contributed by atoms with Crippen LogP contribution in [0.1, 0.15) is 26.5 Å². The van der Waals surface area contributed by atoms with E-state index in [-0.39, 0.29) is 22.8 Å². The van der Waals surface area contributed by atoms with Gasteiger partial charge in [-0.15, -0.1) is 11.3 Å². The molecule has 36 heavy (non-hydrogen) atoms. The third-order valence-corrected chi connectivity index (χ3v) is 6.71. The summed E-state index contributed by atoms with van der Waals surface area (Å²) in [6.45, 7) is 3.41. The lowest BCUT2D eigenvalue weighted by molar-refractivity contribution is -0.114. The molecule has 0 radical (unpaired) electrons. The number of rotatable bonds is 7. The number of carbonyl (C=O) groups excluding carboxylic acids is 2. The predicted molar refractivity (Wildman–Crippen MR) is 138 cm³/mol. The lowest BCUT2D eigenvalue weighted by atomic mass is 10.0. The van der Waals surface area contributed by atoms with Gasteiger partial charge in [-0.05, 0) is 67.3 Å². The topological polar surface area (TPSA) is 146 Å². The Balaban J connectivity index is 1.62. The van der Waals surface area contributed by atoms with Crippen LogP contribution in [0.5, 0.6) is 5.75 Å². The van der Waals surface area contributed by atoms with Gasteiger partial charge < -0.3 is 26.9 Å². The molecule has 0 saturated heterocycles. The van der Waals surface area contributed by atoms with Crippen LogP contribution in [0.25, 0.3) is 10.1 Å². The first-order chi connectivity index (χ1) is 17.0. The number of phenolic OH excluding ortho intramolecular Hbond substituents is 1. The van der Waals surface area contributed by atoms with Crippen LogP contribution in [0.15, 0.2) is 54.2 Å². The van der Waals surface area contributed by atoms with Crippen LogP contribution >= 0.6 is 11.3 Å². The fourth-order valence-corrected chi connectivity index (χ4v) is 4.53. The van der Waals surface area contributed by atoms with E-state index < -0.39 is 17.6 Å². The van der Waals surface area contributed by atoms with Crippen molar-refractivity contribution in [3.63, 3.8) is 0 Å². The number of fused-ring (bicyclic) bond motifs is 1. The highest BCUT2D eigenvalue weighted by molar-refractivity contribution is 7.20. The van der Waals surface area contributed by atoms with Crippen molar-refractivity contribution < 1.29 is 19.1 Å². The number of hydrogen-bond acceptors (Lipinski definition) is 7. The first-order valence-corrected chi connectivity index (χ1v) is 11.6. The van der Waals surface area contributed by atoms with Crippen LogP contribution in [0, 0.1) is 25.1 Å². The average Bonchev–Trinajstić information content (AvgIpc) is 3.37. The van der Waals surface area contributed by atoms with Crippen LogP contribution in [0.3, 0.4) is 0 Å². The number of hydrogen-bond donors (Lipinski definition) is 5. The van der Waals surface area contributed by atoms with Crippen molar-refractivity contribution in [3.05, 3.63) is 81.8 Å². The molecule has 11 heteroatoms. The maximum Gasteiger partial charge on any atom is 0.265 e. The highest BCUT2D eigenvalue weighted by Gasteiger charge is 2.18. The Labute approximate surface area is 209 Å². The van der Waals surface area contributed by atoms with Crippen molar-refractivity contribution in [2.75, 3.05) is 10.6 Å². The molecule has 0 aliphatic rings. The highest BCUT2D eigenvalue weighted by atomic mass is 32.1. The van der Waals surface area contributed by atoms with Crippen LogP contribution in [0.4, 0.5) is 15.9 Å². The number of aromatic hydroxyl groups is 1. The summed E-state index contributed by atoms with van der Waals surface area (Å²) >= 11 is 1.21. The summed E-state index contributed by atoms with van der Waals surface area (Å²) in [5.74, 6) is -1.53. The SMILES string of the molecule is Cc1c(C(=N)/C=C(/Nc2cc(C)n(C)n2)C(N)=O)ccc(F)c1NC(=O)c1cc2cc(O)ccc2s1. The molecule has 0 atom stereocenters. The molecule has 0 aliphatic heterocycles. The molecule has 0 bridgehead atoms. The van der Waals surface area contributed by atoms with Crippen molar-refractivity contribution in [1.82, 2.24) is 9.78 Å². The number of nitrogens with one attached hydrogen (secondary N) is 3. The molecule has 4 aromatic rings. The van der Waals surface area contributed by atoms with E-state index in [2.05, 4.69) is 15.7 Å². The van der Waals surface area contributed by atoms with Gasteiger partial charge in [0.2, 0.25) is 0 Å². The molecule has 0 aliphatic carbocycles. The number of aromatic nitrogens is 2. The van der Waals surface area contributed by atoms with Gasteiger partial charge in [0.05, 0.1) is 16.3 Å². The van der Waals surface area contributed by atoms with E-state index in [1.54, 1.807) is 42.9 Å². The van der Waals surface area contributed by atoms with E-state index in [0.717, 1.165) is 16.5 Å². The fraction of sp³-hybridized carbons (Fsp3) is 0.120. The number of halogens is 1. The molecular weight excluding hydrogens is 483 g/mol. The minimum absolute atomic E-state index is 0.0686. The molecule has 6 N–H and O–H groups in total. The second-order valence-corrected chi connectivity index (χ2v) is 9.22. The number of phenols is 1. The molecule has 2 aromatic heterocycles. The van der Waals surface area contributed by atoms with Gasteiger partial charge in [0, 0.05) is 29.1 Å². The Morgan fingerprint density at radius 2 is 1.92 bits per heavy atom. The van der Waals surface area contributed by atoms with Crippen LogP contribution in [-0.4, -0.2) is 32.4 Å². The molecule has 0 saturated carbocycles. The third-order valence-electron chi connectivity index (χ3n) is 5.60. The number of amides is 2. The molecule has 9 nitrogen and oxygen atoms in total. The predicted octanol–water partition coefficient (Wildman–Crippen LogP) is 4.20. The van der Waals surface area contributed by atoms with Crippen LogP contribution in [-0.2, 0) is 11.8 Å². The number of anilines is 2. The van der Waals surface area contributed by atoms with Gasteiger partial charge in [0.1, 0.15) is 17.3 Å². The summed E-state index contributed by atoms with van der Waals surface area (Å²) in [7, 11) is 1.75. The van der Waals surface area contributed by atoms with E-state index >= 15 is 0 Å².